The summed E-state index contributed by atoms with van der Waals surface area (Å²) in [5.74, 6) is 1.14. The summed E-state index contributed by atoms with van der Waals surface area (Å²) in [6, 6.07) is 0. The third-order valence-corrected chi connectivity index (χ3v) is 2.78. The summed E-state index contributed by atoms with van der Waals surface area (Å²) in [6.07, 6.45) is 7.79. The minimum Gasteiger partial charge on any atom is -0.394 e. The second kappa shape index (κ2) is 6.01. The lowest BCUT2D eigenvalue weighted by Gasteiger charge is -2.21. The molecular weight excluding hydrogens is 202 g/mol. The molecule has 4 heteroatoms. The second-order valence-corrected chi connectivity index (χ2v) is 4.70. The summed E-state index contributed by atoms with van der Waals surface area (Å²) in [5, 5.41) is 9.05. The van der Waals surface area contributed by atoms with Crippen molar-refractivity contribution in [2.45, 2.75) is 51.6 Å². The highest BCUT2D eigenvalue weighted by Crippen LogP contribution is 2.10. The molecule has 0 aliphatic carbocycles. The molecule has 1 aromatic rings. The van der Waals surface area contributed by atoms with Gasteiger partial charge in [-0.2, -0.15) is 0 Å². The number of aliphatic hydroxyl groups is 1. The highest BCUT2D eigenvalue weighted by molar-refractivity contribution is 4.92. The van der Waals surface area contributed by atoms with Crippen LogP contribution in [-0.4, -0.2) is 26.8 Å². The second-order valence-electron chi connectivity index (χ2n) is 4.70. The molecule has 0 spiro atoms. The first-order valence-corrected chi connectivity index (χ1v) is 5.99. The zero-order valence-electron chi connectivity index (χ0n) is 10.3. The molecule has 1 unspecified atom stereocenters. The van der Waals surface area contributed by atoms with Gasteiger partial charge < -0.3 is 15.4 Å². The number of aryl methyl sites for hydroxylation is 2. The minimum absolute atomic E-state index is 0.0404. The van der Waals surface area contributed by atoms with E-state index in [2.05, 4.69) is 16.5 Å². The van der Waals surface area contributed by atoms with Crippen molar-refractivity contribution >= 4 is 0 Å². The van der Waals surface area contributed by atoms with Crippen molar-refractivity contribution in [2.24, 2.45) is 5.73 Å². The molecule has 0 radical (unpaired) electrons. The molecule has 0 saturated carbocycles. The molecule has 0 aromatic carbocycles. The van der Waals surface area contributed by atoms with E-state index < -0.39 is 5.54 Å². The van der Waals surface area contributed by atoms with Gasteiger partial charge >= 0.3 is 0 Å². The maximum atomic E-state index is 9.05. The van der Waals surface area contributed by atoms with Gasteiger partial charge in [-0.05, 0) is 26.2 Å². The molecule has 1 aromatic heterocycles. The number of aliphatic hydroxyl groups excluding tert-OH is 1. The zero-order chi connectivity index (χ0) is 12.0. The van der Waals surface area contributed by atoms with Gasteiger partial charge in [0.1, 0.15) is 5.82 Å². The third kappa shape index (κ3) is 3.94. The van der Waals surface area contributed by atoms with Gasteiger partial charge in [-0.15, -0.1) is 0 Å². The topological polar surface area (TPSA) is 64.1 Å². The van der Waals surface area contributed by atoms with Gasteiger partial charge in [-0.25, -0.2) is 4.98 Å². The fraction of sp³-hybridized carbons (Fsp3) is 0.750. The Bertz CT molecular complexity index is 307. The van der Waals surface area contributed by atoms with Gasteiger partial charge in [0.05, 0.1) is 6.61 Å². The normalized spacial score (nSPS) is 15.0. The molecule has 0 fully saturated rings. The highest BCUT2D eigenvalue weighted by Gasteiger charge is 2.16. The number of hydrogen-bond acceptors (Lipinski definition) is 3. The van der Waals surface area contributed by atoms with Gasteiger partial charge in [-0.1, -0.05) is 6.92 Å². The maximum absolute atomic E-state index is 9.05. The maximum Gasteiger partial charge on any atom is 0.108 e. The SMILES string of the molecule is CCCc1nccn1CCCC(C)(N)CO. The first-order valence-electron chi connectivity index (χ1n) is 5.99. The molecule has 0 aliphatic heterocycles. The van der Waals surface area contributed by atoms with Crippen molar-refractivity contribution in [3.63, 3.8) is 0 Å². The Labute approximate surface area is 97.5 Å². The van der Waals surface area contributed by atoms with Crippen molar-refractivity contribution in [3.05, 3.63) is 18.2 Å². The van der Waals surface area contributed by atoms with Crippen LogP contribution in [0, 0.1) is 0 Å². The molecule has 1 atom stereocenters. The molecule has 0 amide bonds. The molecule has 0 aliphatic rings. The van der Waals surface area contributed by atoms with Crippen LogP contribution >= 0.6 is 0 Å². The van der Waals surface area contributed by atoms with Gasteiger partial charge in [-0.3, -0.25) is 0 Å². The molecule has 1 heterocycles. The van der Waals surface area contributed by atoms with Crippen molar-refractivity contribution in [2.75, 3.05) is 6.61 Å². The number of hydrogen-bond donors (Lipinski definition) is 2. The number of imidazole rings is 1. The van der Waals surface area contributed by atoms with E-state index in [0.29, 0.717) is 0 Å². The predicted molar refractivity (Wildman–Crippen MR) is 65.1 cm³/mol. The lowest BCUT2D eigenvalue weighted by molar-refractivity contribution is 0.196. The summed E-state index contributed by atoms with van der Waals surface area (Å²) in [4.78, 5) is 4.32. The molecular formula is C12H23N3O. The van der Waals surface area contributed by atoms with E-state index >= 15 is 0 Å². The van der Waals surface area contributed by atoms with E-state index in [1.807, 2.05) is 19.3 Å². The molecule has 16 heavy (non-hydrogen) atoms. The number of aromatic nitrogens is 2. The van der Waals surface area contributed by atoms with E-state index in [1.54, 1.807) is 0 Å². The fourth-order valence-corrected chi connectivity index (χ4v) is 1.73. The van der Waals surface area contributed by atoms with Crippen LogP contribution in [-0.2, 0) is 13.0 Å². The quantitative estimate of drug-likeness (QED) is 0.735. The van der Waals surface area contributed by atoms with E-state index in [1.165, 1.54) is 0 Å². The molecule has 1 rings (SSSR count). The lowest BCUT2D eigenvalue weighted by Crippen LogP contribution is -2.40. The summed E-state index contributed by atoms with van der Waals surface area (Å²) >= 11 is 0. The largest absolute Gasteiger partial charge is 0.394 e. The smallest absolute Gasteiger partial charge is 0.108 e. The molecule has 0 saturated heterocycles. The van der Waals surface area contributed by atoms with Crippen molar-refractivity contribution in [1.29, 1.82) is 0 Å². The highest BCUT2D eigenvalue weighted by atomic mass is 16.3. The summed E-state index contributed by atoms with van der Waals surface area (Å²) in [7, 11) is 0. The predicted octanol–water partition coefficient (Wildman–Crippen LogP) is 1.33. The zero-order valence-corrected chi connectivity index (χ0v) is 10.3. The summed E-state index contributed by atoms with van der Waals surface area (Å²) in [6.45, 7) is 5.01. The van der Waals surface area contributed by atoms with Crippen molar-refractivity contribution in [3.8, 4) is 0 Å². The number of nitrogens with zero attached hydrogens (tertiary/aromatic N) is 2. The van der Waals surface area contributed by atoms with Gasteiger partial charge in [0.25, 0.3) is 0 Å². The Kier molecular flexibility index (Phi) is 4.96. The Balaban J connectivity index is 2.39. The van der Waals surface area contributed by atoms with Crippen LogP contribution in [0.2, 0.25) is 0 Å². The fourth-order valence-electron chi connectivity index (χ4n) is 1.73. The van der Waals surface area contributed by atoms with Crippen LogP contribution in [0.15, 0.2) is 12.4 Å². The van der Waals surface area contributed by atoms with Gasteiger partial charge in [0, 0.05) is 30.9 Å². The number of rotatable bonds is 7. The standard InChI is InChI=1S/C12H23N3O/c1-3-5-11-14-7-9-15(11)8-4-6-12(2,13)10-16/h7,9,16H,3-6,8,10,13H2,1-2H3. The van der Waals surface area contributed by atoms with Crippen LogP contribution in [0.1, 0.15) is 38.9 Å². The lowest BCUT2D eigenvalue weighted by atomic mass is 9.98. The Morgan fingerprint density at radius 1 is 1.56 bits per heavy atom. The van der Waals surface area contributed by atoms with Crippen LogP contribution < -0.4 is 5.73 Å². The Morgan fingerprint density at radius 2 is 2.31 bits per heavy atom. The first kappa shape index (κ1) is 13.2. The van der Waals surface area contributed by atoms with Crippen molar-refractivity contribution < 1.29 is 5.11 Å². The number of nitrogens with two attached hydrogens (primary N) is 1. The van der Waals surface area contributed by atoms with Crippen molar-refractivity contribution in [1.82, 2.24) is 9.55 Å². The van der Waals surface area contributed by atoms with Crippen LogP contribution in [0.5, 0.6) is 0 Å². The first-order chi connectivity index (χ1) is 7.59. The van der Waals surface area contributed by atoms with Gasteiger partial charge in [0.2, 0.25) is 0 Å². The van der Waals surface area contributed by atoms with Crippen LogP contribution in [0.4, 0.5) is 0 Å². The molecule has 3 N–H and O–H groups in total. The van der Waals surface area contributed by atoms with E-state index in [-0.39, 0.29) is 6.61 Å². The summed E-state index contributed by atoms with van der Waals surface area (Å²) < 4.78 is 2.18. The minimum atomic E-state index is -0.453. The average Bonchev–Trinajstić information content (AvgIpc) is 2.66. The van der Waals surface area contributed by atoms with E-state index in [0.717, 1.165) is 38.1 Å². The van der Waals surface area contributed by atoms with Crippen LogP contribution in [0.25, 0.3) is 0 Å². The third-order valence-electron chi connectivity index (χ3n) is 2.78. The van der Waals surface area contributed by atoms with E-state index in [9.17, 15) is 0 Å². The Hall–Kier alpha value is -0.870. The molecule has 0 bridgehead atoms. The van der Waals surface area contributed by atoms with Gasteiger partial charge in [0.15, 0.2) is 0 Å². The monoisotopic (exact) mass is 225 g/mol. The van der Waals surface area contributed by atoms with E-state index in [4.69, 9.17) is 10.8 Å². The summed E-state index contributed by atoms with van der Waals surface area (Å²) in [5.41, 5.74) is 5.42. The molecule has 4 nitrogen and oxygen atoms in total. The Morgan fingerprint density at radius 3 is 2.94 bits per heavy atom. The molecule has 92 valence electrons. The van der Waals surface area contributed by atoms with Crippen LogP contribution in [0.3, 0.4) is 0 Å². The average molecular weight is 225 g/mol.